The Morgan fingerprint density at radius 2 is 1.85 bits per heavy atom. The van der Waals surface area contributed by atoms with Crippen LogP contribution in [0.5, 0.6) is 0 Å². The van der Waals surface area contributed by atoms with Crippen LogP contribution in [0, 0.1) is 12.8 Å². The standard InChI is InChI=1S/C20H26N4O2/c1-14-17(22-19(25)11-10-16-12-13-21-24(16)2)8-5-9-18(14)23-20(26)15-6-3-4-7-15/h5,8-9,12-13,15H,3-4,6-7,10-11H2,1-2H3,(H,22,25)(H,23,26). The number of rotatable bonds is 6. The van der Waals surface area contributed by atoms with E-state index >= 15 is 0 Å². The molecule has 0 radical (unpaired) electrons. The van der Waals surface area contributed by atoms with Gasteiger partial charge in [-0.1, -0.05) is 18.9 Å². The van der Waals surface area contributed by atoms with Crippen LogP contribution in [0.2, 0.25) is 0 Å². The lowest BCUT2D eigenvalue weighted by Crippen LogP contribution is -2.21. The lowest BCUT2D eigenvalue weighted by molar-refractivity contribution is -0.119. The summed E-state index contributed by atoms with van der Waals surface area (Å²) in [5, 5.41) is 10.1. The Kier molecular flexibility index (Phi) is 5.71. The van der Waals surface area contributed by atoms with Crippen LogP contribution >= 0.6 is 0 Å². The molecular formula is C20H26N4O2. The van der Waals surface area contributed by atoms with Crippen molar-refractivity contribution in [2.24, 2.45) is 13.0 Å². The second-order valence-corrected chi connectivity index (χ2v) is 6.94. The maximum atomic E-state index is 12.4. The van der Waals surface area contributed by atoms with Gasteiger partial charge in [0.25, 0.3) is 0 Å². The molecule has 6 nitrogen and oxygen atoms in total. The van der Waals surface area contributed by atoms with Gasteiger partial charge in [0.05, 0.1) is 0 Å². The number of aromatic nitrogens is 2. The Hall–Kier alpha value is -2.63. The number of amides is 2. The molecule has 2 N–H and O–H groups in total. The molecule has 26 heavy (non-hydrogen) atoms. The zero-order chi connectivity index (χ0) is 18.5. The minimum atomic E-state index is -0.0476. The number of nitrogens with zero attached hydrogens (tertiary/aromatic N) is 2. The highest BCUT2D eigenvalue weighted by Gasteiger charge is 2.23. The number of hydrogen-bond donors (Lipinski definition) is 2. The summed E-state index contributed by atoms with van der Waals surface area (Å²) >= 11 is 0. The van der Waals surface area contributed by atoms with Crippen molar-refractivity contribution in [2.45, 2.75) is 45.4 Å². The van der Waals surface area contributed by atoms with Crippen molar-refractivity contribution in [3.63, 3.8) is 0 Å². The molecule has 2 aromatic rings. The van der Waals surface area contributed by atoms with E-state index in [4.69, 9.17) is 0 Å². The molecule has 138 valence electrons. The second-order valence-electron chi connectivity index (χ2n) is 6.94. The van der Waals surface area contributed by atoms with E-state index in [-0.39, 0.29) is 17.7 Å². The molecule has 0 bridgehead atoms. The number of nitrogens with one attached hydrogen (secondary N) is 2. The molecule has 1 saturated carbocycles. The number of carbonyl (C=O) groups excluding carboxylic acids is 2. The molecular weight excluding hydrogens is 328 g/mol. The Labute approximate surface area is 154 Å². The van der Waals surface area contributed by atoms with Gasteiger partial charge in [0.15, 0.2) is 0 Å². The summed E-state index contributed by atoms with van der Waals surface area (Å²) in [7, 11) is 1.87. The molecule has 1 aliphatic rings. The Morgan fingerprint density at radius 3 is 2.50 bits per heavy atom. The van der Waals surface area contributed by atoms with Crippen molar-refractivity contribution in [1.29, 1.82) is 0 Å². The number of hydrogen-bond acceptors (Lipinski definition) is 3. The van der Waals surface area contributed by atoms with Crippen LogP contribution in [-0.2, 0) is 23.1 Å². The van der Waals surface area contributed by atoms with E-state index in [1.54, 1.807) is 10.9 Å². The Morgan fingerprint density at radius 1 is 1.15 bits per heavy atom. The van der Waals surface area contributed by atoms with E-state index in [9.17, 15) is 9.59 Å². The molecule has 0 spiro atoms. The zero-order valence-electron chi connectivity index (χ0n) is 15.4. The number of aryl methyl sites for hydroxylation is 2. The Balaban J connectivity index is 1.60. The number of benzene rings is 1. The fourth-order valence-electron chi connectivity index (χ4n) is 3.43. The highest BCUT2D eigenvalue weighted by molar-refractivity contribution is 5.96. The van der Waals surface area contributed by atoms with Crippen LogP contribution in [0.25, 0.3) is 0 Å². The molecule has 1 heterocycles. The first-order valence-corrected chi connectivity index (χ1v) is 9.22. The van der Waals surface area contributed by atoms with Crippen molar-refractivity contribution in [1.82, 2.24) is 9.78 Å². The first-order chi connectivity index (χ1) is 12.5. The fraction of sp³-hybridized carbons (Fsp3) is 0.450. The summed E-state index contributed by atoms with van der Waals surface area (Å²) < 4.78 is 1.78. The van der Waals surface area contributed by atoms with Crippen molar-refractivity contribution in [2.75, 3.05) is 10.6 Å². The van der Waals surface area contributed by atoms with Gasteiger partial charge in [0, 0.05) is 42.7 Å². The van der Waals surface area contributed by atoms with E-state index < -0.39 is 0 Å². The lowest BCUT2D eigenvalue weighted by Gasteiger charge is -2.15. The predicted octanol–water partition coefficient (Wildman–Crippen LogP) is 3.43. The molecule has 1 aromatic carbocycles. The Bertz CT molecular complexity index is 791. The minimum Gasteiger partial charge on any atom is -0.326 e. The van der Waals surface area contributed by atoms with Crippen LogP contribution in [0.3, 0.4) is 0 Å². The van der Waals surface area contributed by atoms with Crippen LogP contribution in [0.1, 0.15) is 43.4 Å². The molecule has 2 amide bonds. The maximum Gasteiger partial charge on any atom is 0.227 e. The quantitative estimate of drug-likeness (QED) is 0.834. The van der Waals surface area contributed by atoms with Gasteiger partial charge in [-0.2, -0.15) is 5.10 Å². The van der Waals surface area contributed by atoms with Crippen LogP contribution < -0.4 is 10.6 Å². The molecule has 0 saturated heterocycles. The summed E-state index contributed by atoms with van der Waals surface area (Å²) in [5.41, 5.74) is 3.41. The third kappa shape index (κ3) is 4.31. The summed E-state index contributed by atoms with van der Waals surface area (Å²) in [6.07, 6.45) is 6.95. The summed E-state index contributed by atoms with van der Waals surface area (Å²) in [6.45, 7) is 1.92. The summed E-state index contributed by atoms with van der Waals surface area (Å²) in [6, 6.07) is 7.52. The van der Waals surface area contributed by atoms with Crippen molar-refractivity contribution >= 4 is 23.2 Å². The third-order valence-corrected chi connectivity index (χ3v) is 5.12. The largest absolute Gasteiger partial charge is 0.326 e. The van der Waals surface area contributed by atoms with Gasteiger partial charge in [0.1, 0.15) is 0 Å². The highest BCUT2D eigenvalue weighted by Crippen LogP contribution is 2.28. The molecule has 3 rings (SSSR count). The molecule has 1 fully saturated rings. The highest BCUT2D eigenvalue weighted by atomic mass is 16.2. The number of carbonyl (C=O) groups is 2. The normalized spacial score (nSPS) is 14.4. The van der Waals surface area contributed by atoms with Gasteiger partial charge >= 0.3 is 0 Å². The van der Waals surface area contributed by atoms with Crippen LogP contribution in [-0.4, -0.2) is 21.6 Å². The SMILES string of the molecule is Cc1c(NC(=O)CCc2ccnn2C)cccc1NC(=O)C1CCCC1. The predicted molar refractivity (Wildman–Crippen MR) is 102 cm³/mol. The third-order valence-electron chi connectivity index (χ3n) is 5.12. The van der Waals surface area contributed by atoms with Crippen LogP contribution in [0.4, 0.5) is 11.4 Å². The van der Waals surface area contributed by atoms with Gasteiger partial charge in [-0.3, -0.25) is 14.3 Å². The van der Waals surface area contributed by atoms with Gasteiger partial charge in [-0.05, 0) is 49.9 Å². The molecule has 0 aliphatic heterocycles. The first-order valence-electron chi connectivity index (χ1n) is 9.22. The minimum absolute atomic E-state index is 0.0476. The topological polar surface area (TPSA) is 76.0 Å². The molecule has 0 atom stereocenters. The van der Waals surface area contributed by atoms with E-state index in [1.807, 2.05) is 38.2 Å². The van der Waals surface area contributed by atoms with Gasteiger partial charge in [0.2, 0.25) is 11.8 Å². The van der Waals surface area contributed by atoms with E-state index in [1.165, 1.54) is 0 Å². The molecule has 1 aromatic heterocycles. The molecule has 0 unspecified atom stereocenters. The second kappa shape index (κ2) is 8.17. The van der Waals surface area contributed by atoms with Gasteiger partial charge in [-0.15, -0.1) is 0 Å². The van der Waals surface area contributed by atoms with Crippen molar-refractivity contribution in [3.05, 3.63) is 41.7 Å². The lowest BCUT2D eigenvalue weighted by atomic mass is 10.1. The monoisotopic (exact) mass is 354 g/mol. The zero-order valence-corrected chi connectivity index (χ0v) is 15.4. The fourth-order valence-corrected chi connectivity index (χ4v) is 3.43. The average molecular weight is 354 g/mol. The van der Waals surface area contributed by atoms with E-state index in [0.717, 1.165) is 48.3 Å². The van der Waals surface area contributed by atoms with Crippen molar-refractivity contribution < 1.29 is 9.59 Å². The summed E-state index contributed by atoms with van der Waals surface area (Å²) in [4.78, 5) is 24.6. The number of anilines is 2. The first kappa shape index (κ1) is 18.2. The van der Waals surface area contributed by atoms with Gasteiger partial charge < -0.3 is 10.6 Å². The summed E-state index contributed by atoms with van der Waals surface area (Å²) in [5.74, 6) is 0.158. The van der Waals surface area contributed by atoms with Crippen molar-refractivity contribution in [3.8, 4) is 0 Å². The van der Waals surface area contributed by atoms with E-state index in [2.05, 4.69) is 15.7 Å². The maximum absolute atomic E-state index is 12.4. The van der Waals surface area contributed by atoms with Crippen LogP contribution in [0.15, 0.2) is 30.5 Å². The smallest absolute Gasteiger partial charge is 0.227 e. The molecule has 6 heteroatoms. The van der Waals surface area contributed by atoms with Gasteiger partial charge in [-0.25, -0.2) is 0 Å². The van der Waals surface area contributed by atoms with E-state index in [0.29, 0.717) is 12.8 Å². The molecule has 1 aliphatic carbocycles. The average Bonchev–Trinajstić information content (AvgIpc) is 3.28.